The quantitative estimate of drug-likeness (QED) is 0.648. The van der Waals surface area contributed by atoms with Crippen molar-refractivity contribution in [2.24, 2.45) is 34.5 Å². The fourth-order valence-electron chi connectivity index (χ4n) is 8.05. The standard InChI is InChI=1S/C24H34O4/c1-14-12-18-19(22(4)9-6-17(27)13-21(14)22)7-10-23(5)20(18)8-11-24(23,15(2)25)28-16(3)26/h13-14,18-20H,6-12H2,1-5H3/t14?,18-,19+,20+,22-,23+,24?/m1/s1. The Bertz CT molecular complexity index is 767. The maximum Gasteiger partial charge on any atom is 0.303 e. The molecule has 0 aromatic carbocycles. The Balaban J connectivity index is 1.73. The van der Waals surface area contributed by atoms with E-state index in [1.54, 1.807) is 6.92 Å². The van der Waals surface area contributed by atoms with Crippen LogP contribution in [0.5, 0.6) is 0 Å². The molecule has 4 aliphatic carbocycles. The zero-order valence-corrected chi connectivity index (χ0v) is 18.0. The van der Waals surface area contributed by atoms with Crippen molar-refractivity contribution < 1.29 is 19.1 Å². The second kappa shape index (κ2) is 6.27. The summed E-state index contributed by atoms with van der Waals surface area (Å²) in [5.41, 5.74) is 0.218. The minimum atomic E-state index is -0.961. The summed E-state index contributed by atoms with van der Waals surface area (Å²) in [5.74, 6) is 1.82. The van der Waals surface area contributed by atoms with Crippen LogP contribution in [0.4, 0.5) is 0 Å². The van der Waals surface area contributed by atoms with E-state index in [0.717, 1.165) is 32.1 Å². The van der Waals surface area contributed by atoms with Gasteiger partial charge in [-0.05, 0) is 80.6 Å². The molecule has 2 unspecified atom stereocenters. The highest BCUT2D eigenvalue weighted by atomic mass is 16.6. The van der Waals surface area contributed by atoms with Gasteiger partial charge in [-0.25, -0.2) is 0 Å². The third kappa shape index (κ3) is 2.45. The van der Waals surface area contributed by atoms with Gasteiger partial charge in [-0.15, -0.1) is 0 Å². The Morgan fingerprint density at radius 3 is 2.39 bits per heavy atom. The van der Waals surface area contributed by atoms with E-state index in [1.807, 2.05) is 6.08 Å². The van der Waals surface area contributed by atoms with Crippen LogP contribution in [0.25, 0.3) is 0 Å². The highest BCUT2D eigenvalue weighted by Crippen LogP contribution is 2.69. The number of ether oxygens (including phenoxy) is 1. The van der Waals surface area contributed by atoms with E-state index in [4.69, 9.17) is 4.74 Å². The maximum absolute atomic E-state index is 12.8. The zero-order chi connectivity index (χ0) is 20.5. The number of hydrogen-bond donors (Lipinski definition) is 0. The van der Waals surface area contributed by atoms with Crippen LogP contribution in [0.1, 0.15) is 79.6 Å². The van der Waals surface area contributed by atoms with Crippen molar-refractivity contribution in [1.82, 2.24) is 0 Å². The molecule has 3 fully saturated rings. The molecule has 4 nitrogen and oxygen atoms in total. The topological polar surface area (TPSA) is 60.4 Å². The first kappa shape index (κ1) is 19.8. The summed E-state index contributed by atoms with van der Waals surface area (Å²) >= 11 is 0. The minimum Gasteiger partial charge on any atom is -0.451 e. The summed E-state index contributed by atoms with van der Waals surface area (Å²) in [6, 6.07) is 0. The van der Waals surface area contributed by atoms with E-state index in [0.29, 0.717) is 36.5 Å². The van der Waals surface area contributed by atoms with Crippen molar-refractivity contribution in [3.8, 4) is 0 Å². The largest absolute Gasteiger partial charge is 0.451 e. The van der Waals surface area contributed by atoms with Gasteiger partial charge in [0.2, 0.25) is 0 Å². The van der Waals surface area contributed by atoms with Gasteiger partial charge in [0.15, 0.2) is 17.2 Å². The molecule has 0 N–H and O–H groups in total. The fraction of sp³-hybridized carbons (Fsp3) is 0.792. The fourth-order valence-corrected chi connectivity index (χ4v) is 8.05. The van der Waals surface area contributed by atoms with Crippen LogP contribution in [0.3, 0.4) is 0 Å². The van der Waals surface area contributed by atoms with Gasteiger partial charge in [-0.1, -0.05) is 26.3 Å². The normalized spacial score (nSPS) is 47.5. The van der Waals surface area contributed by atoms with E-state index in [9.17, 15) is 14.4 Å². The van der Waals surface area contributed by atoms with Gasteiger partial charge in [0.05, 0.1) is 0 Å². The molecule has 0 aliphatic heterocycles. The first-order valence-electron chi connectivity index (χ1n) is 11.0. The average molecular weight is 387 g/mol. The molecule has 0 bridgehead atoms. The minimum absolute atomic E-state index is 0.00469. The number of fused-ring (bicyclic) bond motifs is 5. The van der Waals surface area contributed by atoms with Gasteiger partial charge in [0, 0.05) is 18.8 Å². The highest BCUT2D eigenvalue weighted by Gasteiger charge is 2.68. The summed E-state index contributed by atoms with van der Waals surface area (Å²) in [6.45, 7) is 9.87. The number of allylic oxidation sites excluding steroid dienone is 1. The van der Waals surface area contributed by atoms with Crippen LogP contribution >= 0.6 is 0 Å². The third-order valence-corrected chi connectivity index (χ3v) is 9.29. The first-order valence-corrected chi connectivity index (χ1v) is 11.0. The third-order valence-electron chi connectivity index (χ3n) is 9.29. The summed E-state index contributed by atoms with van der Waals surface area (Å²) in [6.07, 6.45) is 8.19. The summed E-state index contributed by atoms with van der Waals surface area (Å²) in [5, 5.41) is 0. The van der Waals surface area contributed by atoms with Crippen molar-refractivity contribution in [1.29, 1.82) is 0 Å². The Morgan fingerprint density at radius 2 is 1.75 bits per heavy atom. The highest BCUT2D eigenvalue weighted by molar-refractivity contribution is 5.92. The van der Waals surface area contributed by atoms with E-state index in [-0.39, 0.29) is 28.4 Å². The Hall–Kier alpha value is -1.45. The lowest BCUT2D eigenvalue weighted by molar-refractivity contribution is -0.187. The first-order chi connectivity index (χ1) is 13.0. The molecule has 4 rings (SSSR count). The number of Topliss-reactive ketones (excluding diaryl/α,β-unsaturated/α-hetero) is 1. The number of esters is 1. The molecular weight excluding hydrogens is 352 g/mol. The van der Waals surface area contributed by atoms with Crippen LogP contribution in [0.15, 0.2) is 11.6 Å². The van der Waals surface area contributed by atoms with Crippen LogP contribution in [-0.4, -0.2) is 23.1 Å². The van der Waals surface area contributed by atoms with E-state index >= 15 is 0 Å². The van der Waals surface area contributed by atoms with Crippen molar-refractivity contribution in [3.05, 3.63) is 11.6 Å². The summed E-state index contributed by atoms with van der Waals surface area (Å²) in [4.78, 5) is 36.8. The Labute approximate surface area is 168 Å². The molecule has 3 saturated carbocycles. The van der Waals surface area contributed by atoms with Gasteiger partial charge >= 0.3 is 5.97 Å². The average Bonchev–Trinajstić information content (AvgIpc) is 2.90. The second-order valence-corrected chi connectivity index (χ2v) is 10.5. The molecule has 4 heteroatoms. The van der Waals surface area contributed by atoms with Gasteiger partial charge in [-0.2, -0.15) is 0 Å². The van der Waals surface area contributed by atoms with Gasteiger partial charge in [-0.3, -0.25) is 14.4 Å². The predicted molar refractivity (Wildman–Crippen MR) is 106 cm³/mol. The lowest BCUT2D eigenvalue weighted by Gasteiger charge is -2.60. The molecule has 4 aliphatic rings. The molecule has 0 heterocycles. The van der Waals surface area contributed by atoms with Crippen molar-refractivity contribution in [2.45, 2.75) is 85.2 Å². The van der Waals surface area contributed by atoms with Crippen molar-refractivity contribution in [3.63, 3.8) is 0 Å². The summed E-state index contributed by atoms with van der Waals surface area (Å²) in [7, 11) is 0. The summed E-state index contributed by atoms with van der Waals surface area (Å²) < 4.78 is 5.84. The molecular formula is C24H34O4. The molecule has 0 spiro atoms. The van der Waals surface area contributed by atoms with E-state index in [1.165, 1.54) is 12.5 Å². The lowest BCUT2D eigenvalue weighted by atomic mass is 9.44. The number of carbonyl (C=O) groups is 3. The van der Waals surface area contributed by atoms with Crippen LogP contribution in [0, 0.1) is 34.5 Å². The maximum atomic E-state index is 12.8. The Kier molecular flexibility index (Phi) is 4.45. The molecule has 0 saturated heterocycles. The van der Waals surface area contributed by atoms with Crippen LogP contribution in [-0.2, 0) is 19.1 Å². The van der Waals surface area contributed by atoms with Crippen molar-refractivity contribution in [2.75, 3.05) is 0 Å². The van der Waals surface area contributed by atoms with Gasteiger partial charge in [0.1, 0.15) is 0 Å². The second-order valence-electron chi connectivity index (χ2n) is 10.5. The van der Waals surface area contributed by atoms with E-state index in [2.05, 4.69) is 20.8 Å². The monoisotopic (exact) mass is 386 g/mol. The van der Waals surface area contributed by atoms with E-state index < -0.39 is 5.60 Å². The zero-order valence-electron chi connectivity index (χ0n) is 18.0. The molecule has 7 atom stereocenters. The van der Waals surface area contributed by atoms with Crippen LogP contribution < -0.4 is 0 Å². The molecule has 154 valence electrons. The lowest BCUT2D eigenvalue weighted by Crippen LogP contribution is -2.59. The number of ketones is 2. The number of rotatable bonds is 2. The molecule has 0 radical (unpaired) electrons. The van der Waals surface area contributed by atoms with Gasteiger partial charge < -0.3 is 4.74 Å². The van der Waals surface area contributed by atoms with Crippen molar-refractivity contribution >= 4 is 17.5 Å². The van der Waals surface area contributed by atoms with Gasteiger partial charge in [0.25, 0.3) is 0 Å². The number of hydrogen-bond acceptors (Lipinski definition) is 4. The smallest absolute Gasteiger partial charge is 0.303 e. The predicted octanol–water partition coefficient (Wildman–Crippen LogP) is 4.66. The molecule has 28 heavy (non-hydrogen) atoms. The Morgan fingerprint density at radius 1 is 1.07 bits per heavy atom. The molecule has 0 amide bonds. The number of carbonyl (C=O) groups excluding carboxylic acids is 3. The molecule has 0 aromatic heterocycles. The molecule has 0 aromatic rings. The van der Waals surface area contributed by atoms with Crippen LogP contribution in [0.2, 0.25) is 0 Å². The SMILES string of the molecule is CC(=O)OC1(C(C)=O)CC[C@H]2[C@@H]3CC(C)C4=CC(=O)CC[C@]4(C)[C@H]3CC[C@@]21C.